The van der Waals surface area contributed by atoms with Gasteiger partial charge in [-0.1, -0.05) is 0 Å². The van der Waals surface area contributed by atoms with E-state index in [-0.39, 0.29) is 12.8 Å². The fourth-order valence-electron chi connectivity index (χ4n) is 2.33. The molecule has 2 unspecified atom stereocenters. The average Bonchev–Trinajstić information content (AvgIpc) is 2.14. The molecule has 0 radical (unpaired) electrons. The Morgan fingerprint density at radius 1 is 1.18 bits per heavy atom. The van der Waals surface area contributed by atoms with Crippen molar-refractivity contribution in [2.75, 3.05) is 0 Å². The number of alkyl halides is 3. The number of hydrogen-bond acceptors (Lipinski definition) is 2. The Labute approximate surface area is 96.4 Å². The summed E-state index contributed by atoms with van der Waals surface area (Å²) in [6.45, 7) is 2.88. The molecule has 1 N–H and O–H groups in total. The smallest absolute Gasteiger partial charge is 0.471 e. The summed E-state index contributed by atoms with van der Waals surface area (Å²) < 4.78 is 37.0. The molecule has 2 atom stereocenters. The Morgan fingerprint density at radius 3 is 1.88 bits per heavy atom. The first-order valence-electron chi connectivity index (χ1n) is 5.27. The number of likely N-dealkylation sites (tertiary alicyclic amines) is 1. The van der Waals surface area contributed by atoms with E-state index in [2.05, 4.69) is 0 Å². The van der Waals surface area contributed by atoms with Gasteiger partial charge >= 0.3 is 18.1 Å². The highest BCUT2D eigenvalue weighted by atomic mass is 19.4. The standard InChI is InChI=1S/C10H14F3NO3/c1-5-3-7(8(15)16)4-6(2)14(5)9(17)10(11,12)13/h5-7H,3-4H2,1-2H3,(H,15,16). The first-order chi connectivity index (χ1) is 7.64. The highest BCUT2D eigenvalue weighted by molar-refractivity contribution is 5.83. The van der Waals surface area contributed by atoms with Crippen LogP contribution in [0.5, 0.6) is 0 Å². The van der Waals surface area contributed by atoms with Crippen LogP contribution in [0.3, 0.4) is 0 Å². The molecule has 1 amide bonds. The van der Waals surface area contributed by atoms with Crippen molar-refractivity contribution in [1.29, 1.82) is 0 Å². The lowest BCUT2D eigenvalue weighted by molar-refractivity contribution is -0.193. The minimum Gasteiger partial charge on any atom is -0.481 e. The summed E-state index contributed by atoms with van der Waals surface area (Å²) >= 11 is 0. The Hall–Kier alpha value is -1.27. The molecular weight excluding hydrogens is 239 g/mol. The quantitative estimate of drug-likeness (QED) is 0.773. The van der Waals surface area contributed by atoms with Crippen molar-refractivity contribution in [3.8, 4) is 0 Å². The molecule has 98 valence electrons. The lowest BCUT2D eigenvalue weighted by Crippen LogP contribution is -2.55. The van der Waals surface area contributed by atoms with Crippen molar-refractivity contribution in [3.63, 3.8) is 0 Å². The van der Waals surface area contributed by atoms with E-state index in [0.717, 1.165) is 4.90 Å². The van der Waals surface area contributed by atoms with E-state index >= 15 is 0 Å². The zero-order chi connectivity index (χ0) is 13.4. The van der Waals surface area contributed by atoms with E-state index in [1.807, 2.05) is 0 Å². The van der Waals surface area contributed by atoms with Gasteiger partial charge < -0.3 is 10.0 Å². The van der Waals surface area contributed by atoms with Crippen LogP contribution in [-0.4, -0.2) is 40.1 Å². The fraction of sp³-hybridized carbons (Fsp3) is 0.800. The molecule has 0 aromatic carbocycles. The number of rotatable bonds is 1. The maximum atomic E-state index is 12.3. The number of carboxylic acid groups (broad SMARTS) is 1. The Bertz CT molecular complexity index is 317. The summed E-state index contributed by atoms with van der Waals surface area (Å²) in [4.78, 5) is 22.7. The van der Waals surface area contributed by atoms with Gasteiger partial charge in [0.25, 0.3) is 0 Å². The molecule has 1 fully saturated rings. The number of amides is 1. The van der Waals surface area contributed by atoms with E-state index in [4.69, 9.17) is 5.11 Å². The molecule has 4 nitrogen and oxygen atoms in total. The summed E-state index contributed by atoms with van der Waals surface area (Å²) in [6.07, 6.45) is -4.79. The molecule has 0 bridgehead atoms. The zero-order valence-corrected chi connectivity index (χ0v) is 9.49. The van der Waals surface area contributed by atoms with E-state index < -0.39 is 36.1 Å². The summed E-state index contributed by atoms with van der Waals surface area (Å²) in [5, 5.41) is 8.83. The van der Waals surface area contributed by atoms with Crippen molar-refractivity contribution >= 4 is 11.9 Å². The Balaban J connectivity index is 2.84. The highest BCUT2D eigenvalue weighted by Crippen LogP contribution is 2.31. The normalized spacial score (nSPS) is 30.2. The second kappa shape index (κ2) is 4.54. The predicted octanol–water partition coefficient (Wildman–Crippen LogP) is 1.65. The first kappa shape index (κ1) is 13.8. The summed E-state index contributed by atoms with van der Waals surface area (Å²) in [7, 11) is 0. The van der Waals surface area contributed by atoms with E-state index in [1.54, 1.807) is 0 Å². The summed E-state index contributed by atoms with van der Waals surface area (Å²) in [6, 6.07) is -1.43. The maximum Gasteiger partial charge on any atom is 0.471 e. The second-order valence-electron chi connectivity index (χ2n) is 4.41. The van der Waals surface area contributed by atoms with Gasteiger partial charge in [0, 0.05) is 12.1 Å². The molecule has 1 aliphatic heterocycles. The number of nitrogens with zero attached hydrogens (tertiary/aromatic N) is 1. The van der Waals surface area contributed by atoms with Gasteiger partial charge in [-0.3, -0.25) is 9.59 Å². The van der Waals surface area contributed by atoms with Gasteiger partial charge in [-0.05, 0) is 26.7 Å². The first-order valence-corrected chi connectivity index (χ1v) is 5.27. The summed E-state index contributed by atoms with van der Waals surface area (Å²) in [5.41, 5.74) is 0. The van der Waals surface area contributed by atoms with Crippen LogP contribution in [0.15, 0.2) is 0 Å². The van der Waals surface area contributed by atoms with Crippen LogP contribution < -0.4 is 0 Å². The van der Waals surface area contributed by atoms with Crippen molar-refractivity contribution < 1.29 is 27.9 Å². The monoisotopic (exact) mass is 253 g/mol. The van der Waals surface area contributed by atoms with Crippen LogP contribution in [0.25, 0.3) is 0 Å². The molecule has 0 aromatic heterocycles. The Kier molecular flexibility index (Phi) is 3.68. The highest BCUT2D eigenvalue weighted by Gasteiger charge is 2.48. The third-order valence-electron chi connectivity index (χ3n) is 3.03. The van der Waals surface area contributed by atoms with Crippen LogP contribution >= 0.6 is 0 Å². The molecule has 0 aromatic rings. The third kappa shape index (κ3) is 2.89. The number of carbonyl (C=O) groups is 2. The van der Waals surface area contributed by atoms with Gasteiger partial charge in [0.1, 0.15) is 0 Å². The molecular formula is C10H14F3NO3. The van der Waals surface area contributed by atoms with Crippen LogP contribution in [0.1, 0.15) is 26.7 Å². The topological polar surface area (TPSA) is 57.6 Å². The van der Waals surface area contributed by atoms with Gasteiger partial charge in [0.15, 0.2) is 0 Å². The van der Waals surface area contributed by atoms with Crippen LogP contribution in [0, 0.1) is 5.92 Å². The molecule has 1 heterocycles. The lowest BCUT2D eigenvalue weighted by atomic mass is 9.87. The zero-order valence-electron chi connectivity index (χ0n) is 9.49. The summed E-state index contributed by atoms with van der Waals surface area (Å²) in [5.74, 6) is -3.60. The fourth-order valence-corrected chi connectivity index (χ4v) is 2.33. The van der Waals surface area contributed by atoms with Gasteiger partial charge in [-0.15, -0.1) is 0 Å². The van der Waals surface area contributed by atoms with Gasteiger partial charge in [-0.2, -0.15) is 13.2 Å². The van der Waals surface area contributed by atoms with Gasteiger partial charge in [0.2, 0.25) is 0 Å². The van der Waals surface area contributed by atoms with E-state index in [1.165, 1.54) is 13.8 Å². The Morgan fingerprint density at radius 2 is 1.59 bits per heavy atom. The lowest BCUT2D eigenvalue weighted by Gasteiger charge is -2.41. The van der Waals surface area contributed by atoms with E-state index in [0.29, 0.717) is 0 Å². The van der Waals surface area contributed by atoms with Gasteiger partial charge in [-0.25, -0.2) is 0 Å². The van der Waals surface area contributed by atoms with Crippen LogP contribution in [-0.2, 0) is 9.59 Å². The van der Waals surface area contributed by atoms with Crippen molar-refractivity contribution in [1.82, 2.24) is 4.90 Å². The maximum absolute atomic E-state index is 12.3. The van der Waals surface area contributed by atoms with Crippen LogP contribution in [0.4, 0.5) is 13.2 Å². The second-order valence-corrected chi connectivity index (χ2v) is 4.41. The van der Waals surface area contributed by atoms with E-state index in [9.17, 15) is 22.8 Å². The van der Waals surface area contributed by atoms with Crippen LogP contribution in [0.2, 0.25) is 0 Å². The minimum absolute atomic E-state index is 0.0570. The number of carboxylic acids is 1. The molecule has 0 spiro atoms. The predicted molar refractivity (Wildman–Crippen MR) is 52.2 cm³/mol. The number of piperidine rings is 1. The molecule has 0 saturated carbocycles. The molecule has 17 heavy (non-hydrogen) atoms. The average molecular weight is 253 g/mol. The SMILES string of the molecule is CC1CC(C(=O)O)CC(C)N1C(=O)C(F)(F)F. The largest absolute Gasteiger partial charge is 0.481 e. The number of halogens is 3. The number of carbonyl (C=O) groups excluding carboxylic acids is 1. The van der Waals surface area contributed by atoms with Crippen molar-refractivity contribution in [2.24, 2.45) is 5.92 Å². The third-order valence-corrected chi connectivity index (χ3v) is 3.03. The molecule has 1 aliphatic rings. The van der Waals surface area contributed by atoms with Crippen molar-refractivity contribution in [2.45, 2.75) is 44.9 Å². The molecule has 0 aliphatic carbocycles. The number of aliphatic carboxylic acids is 1. The molecule has 1 saturated heterocycles. The van der Waals surface area contributed by atoms with Crippen molar-refractivity contribution in [3.05, 3.63) is 0 Å². The van der Waals surface area contributed by atoms with Gasteiger partial charge in [0.05, 0.1) is 5.92 Å². The minimum atomic E-state index is -4.90. The molecule has 1 rings (SSSR count). The number of hydrogen-bond donors (Lipinski definition) is 1. The molecule has 7 heteroatoms.